The number of halogens is 3. The second kappa shape index (κ2) is 7.00. The number of aromatic hydroxyl groups is 1. The summed E-state index contributed by atoms with van der Waals surface area (Å²) >= 11 is 0. The Kier molecular flexibility index (Phi) is 4.74. The first-order chi connectivity index (χ1) is 13.7. The number of rotatable bonds is 3. The van der Waals surface area contributed by atoms with Gasteiger partial charge in [0.2, 0.25) is 10.0 Å². The molecule has 0 amide bonds. The lowest BCUT2D eigenvalue weighted by molar-refractivity contribution is -0.138. The fourth-order valence-corrected chi connectivity index (χ4v) is 5.73. The van der Waals surface area contributed by atoms with Gasteiger partial charge in [0.25, 0.3) is 0 Å². The molecule has 0 aliphatic carbocycles. The SMILES string of the molecule is O=S(=O)(c1ccc(O)c2ncccc12)N1CCCC1c1ccccc1C(F)(F)F. The molecule has 2 heterocycles. The average molecular weight is 422 g/mol. The maximum Gasteiger partial charge on any atom is 0.416 e. The Morgan fingerprint density at radius 3 is 2.59 bits per heavy atom. The molecule has 1 N–H and O–H groups in total. The number of benzene rings is 2. The Hall–Kier alpha value is -2.65. The Morgan fingerprint density at radius 1 is 1.07 bits per heavy atom. The lowest BCUT2D eigenvalue weighted by Gasteiger charge is -2.27. The summed E-state index contributed by atoms with van der Waals surface area (Å²) in [7, 11) is -4.13. The third kappa shape index (κ3) is 3.34. The number of aromatic nitrogens is 1. The highest BCUT2D eigenvalue weighted by Gasteiger charge is 2.42. The number of phenols is 1. The number of sulfonamides is 1. The molecule has 1 aliphatic rings. The second-order valence-electron chi connectivity index (χ2n) is 6.84. The van der Waals surface area contributed by atoms with E-state index in [1.54, 1.807) is 6.07 Å². The van der Waals surface area contributed by atoms with Gasteiger partial charge in [-0.15, -0.1) is 0 Å². The minimum absolute atomic E-state index is 0.0534. The Bertz CT molecular complexity index is 1180. The van der Waals surface area contributed by atoms with Crippen molar-refractivity contribution in [3.63, 3.8) is 0 Å². The van der Waals surface area contributed by atoms with Gasteiger partial charge >= 0.3 is 6.18 Å². The van der Waals surface area contributed by atoms with E-state index in [0.717, 1.165) is 10.4 Å². The molecule has 1 atom stereocenters. The quantitative estimate of drug-likeness (QED) is 0.676. The maximum absolute atomic E-state index is 13.5. The smallest absolute Gasteiger partial charge is 0.416 e. The molecule has 1 fully saturated rings. The number of phenolic OH excluding ortho intramolecular Hbond substituents is 1. The van der Waals surface area contributed by atoms with Gasteiger partial charge in [0.05, 0.1) is 16.5 Å². The molecule has 2 aromatic carbocycles. The van der Waals surface area contributed by atoms with Gasteiger partial charge in [-0.3, -0.25) is 4.98 Å². The van der Waals surface area contributed by atoms with Crippen LogP contribution in [0.15, 0.2) is 59.6 Å². The minimum atomic E-state index is -4.58. The van der Waals surface area contributed by atoms with E-state index >= 15 is 0 Å². The van der Waals surface area contributed by atoms with E-state index in [-0.39, 0.29) is 33.7 Å². The fraction of sp³-hybridized carbons (Fsp3) is 0.250. The van der Waals surface area contributed by atoms with Gasteiger partial charge < -0.3 is 5.11 Å². The van der Waals surface area contributed by atoms with Crippen LogP contribution < -0.4 is 0 Å². The zero-order valence-corrected chi connectivity index (χ0v) is 15.9. The Labute approximate surface area is 165 Å². The third-order valence-corrected chi connectivity index (χ3v) is 7.09. The van der Waals surface area contributed by atoms with Gasteiger partial charge in [-0.1, -0.05) is 18.2 Å². The van der Waals surface area contributed by atoms with Gasteiger partial charge in [-0.25, -0.2) is 8.42 Å². The molecule has 5 nitrogen and oxygen atoms in total. The molecule has 0 radical (unpaired) electrons. The maximum atomic E-state index is 13.5. The molecule has 1 aliphatic heterocycles. The molecule has 0 saturated carbocycles. The lowest BCUT2D eigenvalue weighted by atomic mass is 9.99. The van der Waals surface area contributed by atoms with Gasteiger partial charge in [0.15, 0.2) is 0 Å². The standard InChI is InChI=1S/C20H17F3N2O3S/c21-20(22,23)15-7-2-1-5-13(15)16-8-4-12-25(16)29(27,28)18-10-9-17(26)19-14(18)6-3-11-24-19/h1-3,5-7,9-11,16,26H,4,8,12H2. The van der Waals surface area contributed by atoms with Crippen molar-refractivity contribution in [1.82, 2.24) is 9.29 Å². The zero-order chi connectivity index (χ0) is 20.8. The molecule has 1 aromatic heterocycles. The average Bonchev–Trinajstić information content (AvgIpc) is 3.18. The van der Waals surface area contributed by atoms with E-state index < -0.39 is 27.8 Å². The fourth-order valence-electron chi connectivity index (χ4n) is 3.87. The second-order valence-corrected chi connectivity index (χ2v) is 8.70. The highest BCUT2D eigenvalue weighted by molar-refractivity contribution is 7.89. The highest BCUT2D eigenvalue weighted by Crippen LogP contribution is 2.43. The Balaban J connectivity index is 1.85. The monoisotopic (exact) mass is 422 g/mol. The molecule has 1 unspecified atom stereocenters. The van der Waals surface area contributed by atoms with E-state index in [1.165, 1.54) is 42.6 Å². The van der Waals surface area contributed by atoms with Gasteiger partial charge in [-0.2, -0.15) is 17.5 Å². The van der Waals surface area contributed by atoms with Crippen molar-refractivity contribution in [2.75, 3.05) is 6.54 Å². The summed E-state index contributed by atoms with van der Waals surface area (Å²) in [6.07, 6.45) is -2.41. The summed E-state index contributed by atoms with van der Waals surface area (Å²) in [5, 5.41) is 10.2. The van der Waals surface area contributed by atoms with Crippen molar-refractivity contribution >= 4 is 20.9 Å². The summed E-state index contributed by atoms with van der Waals surface area (Å²) in [6.45, 7) is 0.113. The van der Waals surface area contributed by atoms with Gasteiger partial charge in [0, 0.05) is 18.1 Å². The van der Waals surface area contributed by atoms with Crippen molar-refractivity contribution < 1.29 is 26.7 Å². The summed E-state index contributed by atoms with van der Waals surface area (Å²) < 4.78 is 68.5. The molecular formula is C20H17F3N2O3S. The first-order valence-electron chi connectivity index (χ1n) is 8.96. The Morgan fingerprint density at radius 2 is 1.83 bits per heavy atom. The first kappa shape index (κ1) is 19.7. The van der Waals surface area contributed by atoms with Crippen LogP contribution in [-0.4, -0.2) is 29.4 Å². The van der Waals surface area contributed by atoms with Crippen molar-refractivity contribution in [2.24, 2.45) is 0 Å². The summed E-state index contributed by atoms with van der Waals surface area (Å²) in [6, 6.07) is 9.71. The van der Waals surface area contributed by atoms with Gasteiger partial charge in [0.1, 0.15) is 11.3 Å². The molecular weight excluding hydrogens is 405 g/mol. The highest BCUT2D eigenvalue weighted by atomic mass is 32.2. The first-order valence-corrected chi connectivity index (χ1v) is 10.4. The number of hydrogen-bond acceptors (Lipinski definition) is 4. The summed E-state index contributed by atoms with van der Waals surface area (Å²) in [5.41, 5.74) is -0.758. The summed E-state index contributed by atoms with van der Waals surface area (Å²) in [4.78, 5) is 3.94. The van der Waals surface area contributed by atoms with E-state index in [0.29, 0.717) is 12.8 Å². The van der Waals surface area contributed by atoms with E-state index in [4.69, 9.17) is 0 Å². The predicted octanol–water partition coefficient (Wildman–Crippen LogP) is 4.49. The van der Waals surface area contributed by atoms with Crippen molar-refractivity contribution in [3.05, 3.63) is 65.9 Å². The molecule has 152 valence electrons. The third-order valence-electron chi connectivity index (χ3n) is 5.12. The number of nitrogens with zero attached hydrogens (tertiary/aromatic N) is 2. The molecule has 29 heavy (non-hydrogen) atoms. The number of alkyl halides is 3. The van der Waals surface area contributed by atoms with Crippen LogP contribution in [0.4, 0.5) is 13.2 Å². The molecule has 0 bridgehead atoms. The van der Waals surface area contributed by atoms with Crippen LogP contribution in [-0.2, 0) is 16.2 Å². The number of pyridine rings is 1. The van der Waals surface area contributed by atoms with E-state index in [1.807, 2.05) is 0 Å². The van der Waals surface area contributed by atoms with Crippen molar-refractivity contribution in [3.8, 4) is 5.75 Å². The van der Waals surface area contributed by atoms with E-state index in [2.05, 4.69) is 4.98 Å². The van der Waals surface area contributed by atoms with Crippen LogP contribution in [0.5, 0.6) is 5.75 Å². The van der Waals surface area contributed by atoms with Gasteiger partial charge in [-0.05, 0) is 48.7 Å². The van der Waals surface area contributed by atoms with Crippen molar-refractivity contribution in [1.29, 1.82) is 0 Å². The molecule has 9 heteroatoms. The zero-order valence-electron chi connectivity index (χ0n) is 15.1. The van der Waals surface area contributed by atoms with Crippen molar-refractivity contribution in [2.45, 2.75) is 30.0 Å². The van der Waals surface area contributed by atoms with Crippen LogP contribution in [0.3, 0.4) is 0 Å². The minimum Gasteiger partial charge on any atom is -0.506 e. The van der Waals surface area contributed by atoms with Crippen LogP contribution in [0.2, 0.25) is 0 Å². The number of fused-ring (bicyclic) bond motifs is 1. The normalized spacial score (nSPS) is 18.4. The lowest BCUT2D eigenvalue weighted by Crippen LogP contribution is -2.32. The topological polar surface area (TPSA) is 70.5 Å². The van der Waals surface area contributed by atoms with Crippen LogP contribution in [0, 0.1) is 0 Å². The van der Waals surface area contributed by atoms with Crippen LogP contribution >= 0.6 is 0 Å². The molecule has 3 aromatic rings. The molecule has 1 saturated heterocycles. The molecule has 4 rings (SSSR count). The number of hydrogen-bond donors (Lipinski definition) is 1. The summed E-state index contributed by atoms with van der Waals surface area (Å²) in [5.74, 6) is -0.167. The predicted molar refractivity (Wildman–Crippen MR) is 101 cm³/mol. The van der Waals surface area contributed by atoms with Crippen LogP contribution in [0.25, 0.3) is 10.9 Å². The molecule has 0 spiro atoms. The largest absolute Gasteiger partial charge is 0.506 e. The van der Waals surface area contributed by atoms with E-state index in [9.17, 15) is 26.7 Å². The van der Waals surface area contributed by atoms with Crippen LogP contribution in [0.1, 0.15) is 30.0 Å².